The summed E-state index contributed by atoms with van der Waals surface area (Å²) in [6, 6.07) is 0. The Balaban J connectivity index is 2.60. The standard InChI is InChI=1S/C15H28N2O4S/c1-13(2)5-8-15(12-18)7-4-10-17(11-15)14(19)6-9-16-22(3,20)21/h5,16,18H,4,6-12H2,1-3H3. The van der Waals surface area contributed by atoms with Crippen LogP contribution in [0.1, 0.15) is 39.5 Å². The largest absolute Gasteiger partial charge is 0.396 e. The third-order valence-corrected chi connectivity index (χ3v) is 4.72. The minimum Gasteiger partial charge on any atom is -0.396 e. The van der Waals surface area contributed by atoms with Gasteiger partial charge in [0, 0.05) is 31.5 Å². The molecule has 1 rings (SSSR count). The molecule has 1 saturated heterocycles. The van der Waals surface area contributed by atoms with Gasteiger partial charge >= 0.3 is 0 Å². The molecule has 1 atom stereocenters. The van der Waals surface area contributed by atoms with Gasteiger partial charge in [0.1, 0.15) is 0 Å². The molecule has 0 spiro atoms. The fourth-order valence-electron chi connectivity index (χ4n) is 2.70. The molecule has 0 bridgehead atoms. The predicted octanol–water partition coefficient (Wildman–Crippen LogP) is 0.883. The summed E-state index contributed by atoms with van der Waals surface area (Å²) in [5.74, 6) is -0.0640. The quantitative estimate of drug-likeness (QED) is 0.678. The molecule has 0 aromatic heterocycles. The van der Waals surface area contributed by atoms with Gasteiger partial charge in [0.15, 0.2) is 0 Å². The normalized spacial score (nSPS) is 22.5. The van der Waals surface area contributed by atoms with Gasteiger partial charge in [-0.3, -0.25) is 4.79 Å². The molecule has 1 unspecified atom stereocenters. The maximum atomic E-state index is 12.2. The van der Waals surface area contributed by atoms with E-state index in [0.29, 0.717) is 13.1 Å². The van der Waals surface area contributed by atoms with E-state index >= 15 is 0 Å². The number of allylic oxidation sites excluding steroid dienone is 2. The first kappa shape index (κ1) is 19.1. The van der Waals surface area contributed by atoms with E-state index in [1.165, 1.54) is 5.57 Å². The molecule has 22 heavy (non-hydrogen) atoms. The van der Waals surface area contributed by atoms with Crippen LogP contribution < -0.4 is 4.72 Å². The van der Waals surface area contributed by atoms with Crippen LogP contribution in [0.5, 0.6) is 0 Å². The highest BCUT2D eigenvalue weighted by Crippen LogP contribution is 2.34. The van der Waals surface area contributed by atoms with Gasteiger partial charge in [-0.2, -0.15) is 0 Å². The summed E-state index contributed by atoms with van der Waals surface area (Å²) in [6.07, 6.45) is 5.86. The van der Waals surface area contributed by atoms with Crippen LogP contribution in [0.4, 0.5) is 0 Å². The third-order valence-electron chi connectivity index (χ3n) is 4.00. The number of likely N-dealkylation sites (tertiary alicyclic amines) is 1. The van der Waals surface area contributed by atoms with Crippen molar-refractivity contribution in [2.75, 3.05) is 32.5 Å². The number of nitrogens with one attached hydrogen (secondary N) is 1. The monoisotopic (exact) mass is 332 g/mol. The number of hydrogen-bond acceptors (Lipinski definition) is 4. The van der Waals surface area contributed by atoms with Crippen LogP contribution in [0.15, 0.2) is 11.6 Å². The Labute approximate surface area is 133 Å². The number of carbonyl (C=O) groups is 1. The zero-order valence-electron chi connectivity index (χ0n) is 13.8. The second-order valence-corrected chi connectivity index (χ2v) is 8.31. The van der Waals surface area contributed by atoms with Crippen molar-refractivity contribution >= 4 is 15.9 Å². The second-order valence-electron chi connectivity index (χ2n) is 6.48. The zero-order valence-corrected chi connectivity index (χ0v) is 14.6. The lowest BCUT2D eigenvalue weighted by atomic mass is 9.77. The predicted molar refractivity (Wildman–Crippen MR) is 86.8 cm³/mol. The number of nitrogens with zero attached hydrogens (tertiary/aromatic N) is 1. The molecule has 1 aliphatic heterocycles. The van der Waals surface area contributed by atoms with E-state index in [9.17, 15) is 18.3 Å². The summed E-state index contributed by atoms with van der Waals surface area (Å²) in [5.41, 5.74) is 0.934. The van der Waals surface area contributed by atoms with Gasteiger partial charge in [0.2, 0.25) is 15.9 Å². The average Bonchev–Trinajstić information content (AvgIpc) is 2.44. The molecule has 128 valence electrons. The van der Waals surface area contributed by atoms with Gasteiger partial charge < -0.3 is 10.0 Å². The Kier molecular flexibility index (Phi) is 7.02. The Morgan fingerprint density at radius 2 is 2.09 bits per heavy atom. The second kappa shape index (κ2) is 8.08. The molecule has 2 N–H and O–H groups in total. The van der Waals surface area contributed by atoms with Gasteiger partial charge in [-0.1, -0.05) is 11.6 Å². The van der Waals surface area contributed by atoms with Crippen LogP contribution in [0.3, 0.4) is 0 Å². The summed E-state index contributed by atoms with van der Waals surface area (Å²) in [6.45, 7) is 5.43. The van der Waals surface area contributed by atoms with Crippen molar-refractivity contribution in [2.24, 2.45) is 5.41 Å². The molecular formula is C15H28N2O4S. The smallest absolute Gasteiger partial charge is 0.223 e. The first-order valence-electron chi connectivity index (χ1n) is 7.64. The highest BCUT2D eigenvalue weighted by molar-refractivity contribution is 7.88. The number of hydrogen-bond donors (Lipinski definition) is 2. The van der Waals surface area contributed by atoms with Crippen molar-refractivity contribution in [2.45, 2.75) is 39.5 Å². The van der Waals surface area contributed by atoms with Crippen LogP contribution in [-0.2, 0) is 14.8 Å². The Morgan fingerprint density at radius 3 is 2.64 bits per heavy atom. The number of amides is 1. The van der Waals surface area contributed by atoms with Crippen molar-refractivity contribution in [3.63, 3.8) is 0 Å². The number of piperidine rings is 1. The summed E-state index contributed by atoms with van der Waals surface area (Å²) < 4.78 is 24.4. The summed E-state index contributed by atoms with van der Waals surface area (Å²) >= 11 is 0. The molecule has 0 aliphatic carbocycles. The van der Waals surface area contributed by atoms with Crippen LogP contribution >= 0.6 is 0 Å². The average molecular weight is 332 g/mol. The van der Waals surface area contributed by atoms with Crippen molar-refractivity contribution < 1.29 is 18.3 Å². The summed E-state index contributed by atoms with van der Waals surface area (Å²) in [7, 11) is -3.26. The lowest BCUT2D eigenvalue weighted by Crippen LogP contribution is -2.48. The molecule has 1 fully saturated rings. The van der Waals surface area contributed by atoms with Crippen LogP contribution in [0.25, 0.3) is 0 Å². The first-order chi connectivity index (χ1) is 10.2. The molecule has 6 nitrogen and oxygen atoms in total. The number of sulfonamides is 1. The van der Waals surface area contributed by atoms with Crippen LogP contribution in [0, 0.1) is 5.41 Å². The summed E-state index contributed by atoms with van der Waals surface area (Å²) in [5, 5.41) is 9.78. The Bertz CT molecular complexity index is 512. The van der Waals surface area contributed by atoms with Crippen molar-refractivity contribution in [3.8, 4) is 0 Å². The van der Waals surface area contributed by atoms with E-state index in [2.05, 4.69) is 10.8 Å². The molecule has 0 radical (unpaired) electrons. The topological polar surface area (TPSA) is 86.7 Å². The minimum absolute atomic E-state index is 0.0577. The van der Waals surface area contributed by atoms with Crippen LogP contribution in [0.2, 0.25) is 0 Å². The zero-order chi connectivity index (χ0) is 16.8. The maximum absolute atomic E-state index is 12.2. The van der Waals surface area contributed by atoms with Crippen molar-refractivity contribution in [1.82, 2.24) is 9.62 Å². The molecule has 1 amide bonds. The lowest BCUT2D eigenvalue weighted by molar-refractivity contribution is -0.135. The van der Waals surface area contributed by atoms with Gasteiger partial charge in [0.05, 0.1) is 12.9 Å². The van der Waals surface area contributed by atoms with E-state index in [-0.39, 0.29) is 30.9 Å². The highest BCUT2D eigenvalue weighted by Gasteiger charge is 2.35. The number of aliphatic hydroxyl groups excluding tert-OH is 1. The first-order valence-corrected chi connectivity index (χ1v) is 9.53. The van der Waals surface area contributed by atoms with E-state index in [4.69, 9.17) is 0 Å². The molecule has 1 heterocycles. The molecule has 0 aromatic carbocycles. The minimum atomic E-state index is -3.26. The number of aliphatic hydroxyl groups is 1. The van der Waals surface area contributed by atoms with E-state index in [1.807, 2.05) is 13.8 Å². The summed E-state index contributed by atoms with van der Waals surface area (Å²) in [4.78, 5) is 14.0. The van der Waals surface area contributed by atoms with Crippen molar-refractivity contribution in [3.05, 3.63) is 11.6 Å². The molecule has 1 aliphatic rings. The SMILES string of the molecule is CC(C)=CCC1(CO)CCCN(C(=O)CCNS(C)(=O)=O)C1. The Morgan fingerprint density at radius 1 is 1.41 bits per heavy atom. The Hall–Kier alpha value is -0.920. The maximum Gasteiger partial charge on any atom is 0.223 e. The number of rotatable bonds is 7. The van der Waals surface area contributed by atoms with E-state index in [0.717, 1.165) is 25.5 Å². The molecule has 7 heteroatoms. The van der Waals surface area contributed by atoms with E-state index in [1.54, 1.807) is 4.90 Å². The molecule has 0 saturated carbocycles. The highest BCUT2D eigenvalue weighted by atomic mass is 32.2. The fourth-order valence-corrected chi connectivity index (χ4v) is 3.18. The molecule has 0 aromatic rings. The molecular weight excluding hydrogens is 304 g/mol. The van der Waals surface area contributed by atoms with Gasteiger partial charge in [-0.05, 0) is 33.1 Å². The van der Waals surface area contributed by atoms with Crippen molar-refractivity contribution in [1.29, 1.82) is 0 Å². The number of carbonyl (C=O) groups excluding carboxylic acids is 1. The van der Waals surface area contributed by atoms with Crippen LogP contribution in [-0.4, -0.2) is 56.8 Å². The van der Waals surface area contributed by atoms with Gasteiger partial charge in [-0.25, -0.2) is 13.1 Å². The van der Waals surface area contributed by atoms with Gasteiger partial charge in [0.25, 0.3) is 0 Å². The lowest BCUT2D eigenvalue weighted by Gasteiger charge is -2.41. The third kappa shape index (κ3) is 6.46. The van der Waals surface area contributed by atoms with Gasteiger partial charge in [-0.15, -0.1) is 0 Å². The fraction of sp³-hybridized carbons (Fsp3) is 0.800. The van der Waals surface area contributed by atoms with E-state index < -0.39 is 10.0 Å².